The van der Waals surface area contributed by atoms with Crippen molar-refractivity contribution in [3.05, 3.63) is 57.3 Å². The predicted octanol–water partition coefficient (Wildman–Crippen LogP) is 3.72. The zero-order valence-corrected chi connectivity index (χ0v) is 13.6. The van der Waals surface area contributed by atoms with E-state index in [0.29, 0.717) is 4.88 Å². The van der Waals surface area contributed by atoms with E-state index in [9.17, 15) is 23.2 Å². The fraction of sp³-hybridized carbons (Fsp3) is 0.235. The first-order valence-electron chi connectivity index (χ1n) is 7.10. The average Bonchev–Trinajstić information content (AvgIpc) is 2.99. The van der Waals surface area contributed by atoms with E-state index in [0.717, 1.165) is 23.1 Å². The maximum absolute atomic E-state index is 13.4. The topological polar surface area (TPSA) is 60.4 Å². The Balaban J connectivity index is 1.81. The lowest BCUT2D eigenvalue weighted by Crippen LogP contribution is -2.16. The number of hydrogen-bond acceptors (Lipinski definition) is 5. The third-order valence-electron chi connectivity index (χ3n) is 3.16. The van der Waals surface area contributed by atoms with E-state index >= 15 is 0 Å². The fourth-order valence-electron chi connectivity index (χ4n) is 1.93. The van der Waals surface area contributed by atoms with Gasteiger partial charge in [-0.05, 0) is 37.3 Å². The Labute approximate surface area is 141 Å². The van der Waals surface area contributed by atoms with Crippen LogP contribution in [0.5, 0.6) is 0 Å². The summed E-state index contributed by atoms with van der Waals surface area (Å²) < 4.78 is 31.2. The molecule has 0 aliphatic carbocycles. The van der Waals surface area contributed by atoms with Crippen LogP contribution < -0.4 is 0 Å². The maximum atomic E-state index is 13.4. The van der Waals surface area contributed by atoms with Crippen molar-refractivity contribution >= 4 is 28.9 Å². The van der Waals surface area contributed by atoms with E-state index in [1.165, 1.54) is 11.3 Å². The number of ketones is 2. The minimum absolute atomic E-state index is 0.0404. The molecule has 0 radical (unpaired) electrons. The Morgan fingerprint density at radius 1 is 1.04 bits per heavy atom. The molecule has 0 fully saturated rings. The number of esters is 1. The van der Waals surface area contributed by atoms with Gasteiger partial charge in [0, 0.05) is 11.3 Å². The molecule has 0 unspecified atom stereocenters. The van der Waals surface area contributed by atoms with Crippen molar-refractivity contribution in [2.24, 2.45) is 0 Å². The Morgan fingerprint density at radius 3 is 2.46 bits per heavy atom. The van der Waals surface area contributed by atoms with Gasteiger partial charge in [-0.1, -0.05) is 0 Å². The van der Waals surface area contributed by atoms with Crippen LogP contribution in [0.1, 0.15) is 37.7 Å². The molecule has 1 heterocycles. The van der Waals surface area contributed by atoms with E-state index in [2.05, 4.69) is 0 Å². The number of hydrogen-bond donors (Lipinski definition) is 0. The van der Waals surface area contributed by atoms with Gasteiger partial charge in [-0.25, -0.2) is 8.78 Å². The SMILES string of the molecule is Cc1ccc(C(=O)CCC(=O)OCC(=O)c2cc(F)ccc2F)s1. The summed E-state index contributed by atoms with van der Waals surface area (Å²) >= 11 is 1.33. The van der Waals surface area contributed by atoms with Crippen LogP contribution in [0.4, 0.5) is 8.78 Å². The monoisotopic (exact) mass is 352 g/mol. The van der Waals surface area contributed by atoms with Crippen LogP contribution in [-0.2, 0) is 9.53 Å². The summed E-state index contributed by atoms with van der Waals surface area (Å²) in [5, 5.41) is 0. The lowest BCUT2D eigenvalue weighted by molar-refractivity contribution is -0.142. The number of rotatable bonds is 7. The van der Waals surface area contributed by atoms with Crippen molar-refractivity contribution in [1.29, 1.82) is 0 Å². The minimum Gasteiger partial charge on any atom is -0.457 e. The van der Waals surface area contributed by atoms with Gasteiger partial charge in [0.25, 0.3) is 0 Å². The Kier molecular flexibility index (Phi) is 5.92. The van der Waals surface area contributed by atoms with Gasteiger partial charge < -0.3 is 4.74 Å². The van der Waals surface area contributed by atoms with E-state index in [1.54, 1.807) is 6.07 Å². The summed E-state index contributed by atoms with van der Waals surface area (Å²) in [6.45, 7) is 1.17. The van der Waals surface area contributed by atoms with Crippen LogP contribution in [0.25, 0.3) is 0 Å². The summed E-state index contributed by atoms with van der Waals surface area (Å²) in [4.78, 5) is 36.7. The largest absolute Gasteiger partial charge is 0.457 e. The van der Waals surface area contributed by atoms with Crippen LogP contribution in [0, 0.1) is 18.6 Å². The van der Waals surface area contributed by atoms with E-state index in [4.69, 9.17) is 4.74 Å². The van der Waals surface area contributed by atoms with Crippen molar-refractivity contribution < 1.29 is 27.9 Å². The number of aryl methyl sites for hydroxylation is 1. The number of carbonyl (C=O) groups is 3. The highest BCUT2D eigenvalue weighted by molar-refractivity contribution is 7.14. The van der Waals surface area contributed by atoms with Gasteiger partial charge in [0.05, 0.1) is 16.9 Å². The lowest BCUT2D eigenvalue weighted by atomic mass is 10.1. The Bertz CT molecular complexity index is 783. The molecule has 7 heteroatoms. The molecule has 0 saturated heterocycles. The first kappa shape index (κ1) is 17.9. The summed E-state index contributed by atoms with van der Waals surface area (Å²) in [5.74, 6) is -3.43. The summed E-state index contributed by atoms with van der Waals surface area (Å²) in [6, 6.07) is 5.95. The number of halogens is 2. The van der Waals surface area contributed by atoms with Crippen LogP contribution in [0.2, 0.25) is 0 Å². The Hall–Kier alpha value is -2.41. The van der Waals surface area contributed by atoms with E-state index in [-0.39, 0.29) is 18.6 Å². The standard InChI is InChI=1S/C17H14F2O4S/c1-10-2-6-16(24-10)14(20)5-7-17(22)23-9-15(21)12-8-11(18)3-4-13(12)19/h2-4,6,8H,5,7,9H2,1H3. The second-order valence-electron chi connectivity index (χ2n) is 5.04. The summed E-state index contributed by atoms with van der Waals surface area (Å²) in [6.07, 6.45) is -0.226. The smallest absolute Gasteiger partial charge is 0.306 e. The van der Waals surface area contributed by atoms with Crippen molar-refractivity contribution in [3.63, 3.8) is 0 Å². The normalized spacial score (nSPS) is 10.5. The van der Waals surface area contributed by atoms with Gasteiger partial charge in [-0.3, -0.25) is 14.4 Å². The fourth-order valence-corrected chi connectivity index (χ4v) is 2.77. The number of Topliss-reactive ketones (excluding diaryl/α,β-unsaturated/α-hetero) is 2. The zero-order chi connectivity index (χ0) is 17.7. The minimum atomic E-state index is -0.888. The van der Waals surface area contributed by atoms with Crippen LogP contribution in [0.3, 0.4) is 0 Å². The second kappa shape index (κ2) is 7.92. The molecule has 2 rings (SSSR count). The van der Waals surface area contributed by atoms with Gasteiger partial charge in [-0.2, -0.15) is 0 Å². The molecule has 126 valence electrons. The molecule has 0 spiro atoms. The highest BCUT2D eigenvalue weighted by Gasteiger charge is 2.16. The molecule has 0 amide bonds. The molecule has 0 bridgehead atoms. The van der Waals surface area contributed by atoms with Gasteiger partial charge in [0.15, 0.2) is 12.4 Å². The number of benzene rings is 1. The highest BCUT2D eigenvalue weighted by atomic mass is 32.1. The van der Waals surface area contributed by atoms with Crippen LogP contribution >= 0.6 is 11.3 Å². The molecule has 0 N–H and O–H groups in total. The first-order valence-corrected chi connectivity index (χ1v) is 7.92. The molecule has 0 saturated carbocycles. The number of thiophene rings is 1. The quantitative estimate of drug-likeness (QED) is 0.563. The second-order valence-corrected chi connectivity index (χ2v) is 6.33. The molecule has 2 aromatic rings. The lowest BCUT2D eigenvalue weighted by Gasteiger charge is -2.05. The third-order valence-corrected chi connectivity index (χ3v) is 4.21. The number of ether oxygens (including phenoxy) is 1. The van der Waals surface area contributed by atoms with Gasteiger partial charge in [0.1, 0.15) is 11.6 Å². The van der Waals surface area contributed by atoms with E-state index < -0.39 is 35.6 Å². The Morgan fingerprint density at radius 2 is 1.79 bits per heavy atom. The summed E-state index contributed by atoms with van der Waals surface area (Å²) in [7, 11) is 0. The molecular weight excluding hydrogens is 338 g/mol. The maximum Gasteiger partial charge on any atom is 0.306 e. The molecule has 4 nitrogen and oxygen atoms in total. The van der Waals surface area contributed by atoms with Crippen molar-refractivity contribution in [2.75, 3.05) is 6.61 Å². The first-order chi connectivity index (χ1) is 11.4. The highest BCUT2D eigenvalue weighted by Crippen LogP contribution is 2.17. The molecule has 1 aromatic heterocycles. The molecule has 0 aliphatic heterocycles. The zero-order valence-electron chi connectivity index (χ0n) is 12.8. The molecule has 0 aliphatic rings. The van der Waals surface area contributed by atoms with Crippen LogP contribution in [0.15, 0.2) is 30.3 Å². The number of carbonyl (C=O) groups excluding carboxylic acids is 3. The van der Waals surface area contributed by atoms with Gasteiger partial charge in [0.2, 0.25) is 5.78 Å². The van der Waals surface area contributed by atoms with Gasteiger partial charge in [-0.15, -0.1) is 11.3 Å². The molecular formula is C17H14F2O4S. The van der Waals surface area contributed by atoms with E-state index in [1.807, 2.05) is 13.0 Å². The summed E-state index contributed by atoms with van der Waals surface area (Å²) in [5.41, 5.74) is -0.479. The molecule has 1 aromatic carbocycles. The molecule has 24 heavy (non-hydrogen) atoms. The van der Waals surface area contributed by atoms with Crippen molar-refractivity contribution in [3.8, 4) is 0 Å². The van der Waals surface area contributed by atoms with Crippen LogP contribution in [-0.4, -0.2) is 24.1 Å². The third kappa shape index (κ3) is 4.79. The molecule has 0 atom stereocenters. The predicted molar refractivity (Wildman–Crippen MR) is 84.3 cm³/mol. The van der Waals surface area contributed by atoms with Gasteiger partial charge >= 0.3 is 5.97 Å². The average molecular weight is 352 g/mol. The van der Waals surface area contributed by atoms with Crippen molar-refractivity contribution in [2.45, 2.75) is 19.8 Å². The van der Waals surface area contributed by atoms with Crippen molar-refractivity contribution in [1.82, 2.24) is 0 Å².